The number of hydrogen-bond donors (Lipinski definition) is 1. The Hall–Kier alpha value is -3.13. The number of aromatic nitrogens is 6. The first kappa shape index (κ1) is 15.2. The predicted octanol–water partition coefficient (Wildman–Crippen LogP) is 3.86. The molecule has 5 rings (SSSR count). The van der Waals surface area contributed by atoms with Gasteiger partial charge in [-0.2, -0.15) is 4.98 Å². The van der Waals surface area contributed by atoms with E-state index in [2.05, 4.69) is 25.3 Å². The molecule has 128 valence electrons. The van der Waals surface area contributed by atoms with Gasteiger partial charge in [-0.05, 0) is 19.1 Å². The minimum atomic E-state index is 0.533. The van der Waals surface area contributed by atoms with Gasteiger partial charge in [0.25, 0.3) is 0 Å². The van der Waals surface area contributed by atoms with Gasteiger partial charge in [0, 0.05) is 5.56 Å². The average molecular weight is 362 g/mol. The molecule has 5 aromatic rings. The fraction of sp³-hybridized carbons (Fsp3) is 0.111. The Labute approximate surface area is 152 Å². The topological polar surface area (TPSA) is 84.9 Å². The first-order valence-corrected chi connectivity index (χ1v) is 9.10. The number of rotatable bonds is 4. The lowest BCUT2D eigenvalue weighted by molar-refractivity contribution is 0.391. The minimum absolute atomic E-state index is 0.533. The van der Waals surface area contributed by atoms with E-state index in [1.54, 1.807) is 0 Å². The number of para-hydroxylation sites is 2. The van der Waals surface area contributed by atoms with Crippen LogP contribution in [-0.4, -0.2) is 29.7 Å². The molecule has 7 nitrogen and oxygen atoms in total. The molecule has 0 atom stereocenters. The minimum Gasteiger partial charge on any atom is -0.338 e. The van der Waals surface area contributed by atoms with Crippen molar-refractivity contribution >= 4 is 28.6 Å². The fourth-order valence-corrected chi connectivity index (χ4v) is 3.59. The van der Waals surface area contributed by atoms with Gasteiger partial charge in [-0.3, -0.25) is 4.40 Å². The first-order chi connectivity index (χ1) is 12.8. The van der Waals surface area contributed by atoms with Crippen molar-refractivity contribution in [2.45, 2.75) is 17.8 Å². The molecule has 0 aliphatic rings. The molecule has 0 spiro atoms. The van der Waals surface area contributed by atoms with Gasteiger partial charge in [0.1, 0.15) is 0 Å². The zero-order valence-corrected chi connectivity index (χ0v) is 14.7. The molecular weight excluding hydrogens is 348 g/mol. The molecule has 0 aliphatic carbocycles. The van der Waals surface area contributed by atoms with E-state index in [1.165, 1.54) is 17.3 Å². The largest absolute Gasteiger partial charge is 0.338 e. The molecule has 0 radical (unpaired) electrons. The maximum Gasteiger partial charge on any atom is 0.237 e. The molecule has 0 fully saturated rings. The van der Waals surface area contributed by atoms with Crippen molar-refractivity contribution in [2.75, 3.05) is 0 Å². The van der Waals surface area contributed by atoms with Crippen LogP contribution in [0.2, 0.25) is 0 Å². The monoisotopic (exact) mass is 362 g/mol. The highest BCUT2D eigenvalue weighted by Crippen LogP contribution is 2.26. The van der Waals surface area contributed by atoms with E-state index in [0.717, 1.165) is 27.5 Å². The van der Waals surface area contributed by atoms with Crippen molar-refractivity contribution in [3.63, 3.8) is 0 Å². The van der Waals surface area contributed by atoms with Gasteiger partial charge in [0.05, 0.1) is 16.8 Å². The van der Waals surface area contributed by atoms with Crippen molar-refractivity contribution in [1.82, 2.24) is 29.7 Å². The van der Waals surface area contributed by atoms with Crippen LogP contribution in [-0.2, 0) is 5.75 Å². The van der Waals surface area contributed by atoms with Crippen LogP contribution in [0.25, 0.3) is 28.2 Å². The smallest absolute Gasteiger partial charge is 0.237 e. The summed E-state index contributed by atoms with van der Waals surface area (Å²) in [6.45, 7) is 2.05. The second-order valence-electron chi connectivity index (χ2n) is 5.93. The van der Waals surface area contributed by atoms with E-state index >= 15 is 0 Å². The standard InChI is InChI=1S/C18H14N6OS/c1-11-6-8-12(9-7-11)16-20-15(25-23-16)10-26-18-22-21-17-19-13-4-2-3-5-14(13)24(17)18/h2-9H,10H2,1H3,(H,19,21). The number of nitrogens with zero attached hydrogens (tertiary/aromatic N) is 5. The normalized spacial score (nSPS) is 11.6. The van der Waals surface area contributed by atoms with E-state index in [9.17, 15) is 0 Å². The molecule has 0 aliphatic heterocycles. The number of H-pyrrole nitrogens is 1. The lowest BCUT2D eigenvalue weighted by Crippen LogP contribution is -1.87. The molecule has 0 bridgehead atoms. The highest BCUT2D eigenvalue weighted by molar-refractivity contribution is 7.98. The lowest BCUT2D eigenvalue weighted by Gasteiger charge is -1.96. The van der Waals surface area contributed by atoms with Crippen LogP contribution in [0.4, 0.5) is 0 Å². The van der Waals surface area contributed by atoms with Crippen LogP contribution >= 0.6 is 11.8 Å². The van der Waals surface area contributed by atoms with Crippen LogP contribution in [0.5, 0.6) is 0 Å². The van der Waals surface area contributed by atoms with Crippen molar-refractivity contribution in [2.24, 2.45) is 0 Å². The summed E-state index contributed by atoms with van der Waals surface area (Å²) < 4.78 is 7.38. The zero-order chi connectivity index (χ0) is 17.5. The van der Waals surface area contributed by atoms with E-state index in [-0.39, 0.29) is 0 Å². The number of thioether (sulfide) groups is 1. The Morgan fingerprint density at radius 3 is 2.81 bits per heavy atom. The molecule has 8 heteroatoms. The molecule has 1 N–H and O–H groups in total. The Morgan fingerprint density at radius 2 is 1.92 bits per heavy atom. The summed E-state index contributed by atoms with van der Waals surface area (Å²) in [5.74, 6) is 2.41. The Morgan fingerprint density at radius 1 is 1.08 bits per heavy atom. The first-order valence-electron chi connectivity index (χ1n) is 8.12. The fourth-order valence-electron chi connectivity index (χ4n) is 2.80. The van der Waals surface area contributed by atoms with Crippen molar-refractivity contribution < 1.29 is 4.52 Å². The van der Waals surface area contributed by atoms with Gasteiger partial charge in [-0.1, -0.05) is 58.9 Å². The summed E-state index contributed by atoms with van der Waals surface area (Å²) in [6, 6.07) is 16.0. The SMILES string of the molecule is Cc1ccc(-c2noc(CSc3n[nH]c4nc5ccccc5n34)n2)cc1. The number of nitrogens with one attached hydrogen (secondary N) is 1. The van der Waals surface area contributed by atoms with Crippen molar-refractivity contribution in [1.29, 1.82) is 0 Å². The van der Waals surface area contributed by atoms with Crippen molar-refractivity contribution in [3.05, 3.63) is 60.0 Å². The number of imidazole rings is 1. The second-order valence-corrected chi connectivity index (χ2v) is 6.87. The third kappa shape index (κ3) is 2.55. The van der Waals surface area contributed by atoms with Gasteiger partial charge in [0.15, 0.2) is 5.16 Å². The Kier molecular flexibility index (Phi) is 3.49. The third-order valence-electron chi connectivity index (χ3n) is 4.11. The summed E-state index contributed by atoms with van der Waals surface area (Å²) in [5, 5.41) is 12.2. The van der Waals surface area contributed by atoms with Crippen LogP contribution in [0, 0.1) is 6.92 Å². The van der Waals surface area contributed by atoms with Gasteiger partial charge >= 0.3 is 0 Å². The van der Waals surface area contributed by atoms with E-state index in [4.69, 9.17) is 4.52 Å². The molecule has 0 unspecified atom stereocenters. The van der Waals surface area contributed by atoms with Crippen LogP contribution in [0.3, 0.4) is 0 Å². The lowest BCUT2D eigenvalue weighted by atomic mass is 10.1. The summed E-state index contributed by atoms with van der Waals surface area (Å²) in [5.41, 5.74) is 4.09. The van der Waals surface area contributed by atoms with Gasteiger partial charge in [-0.25, -0.2) is 10.1 Å². The number of fused-ring (bicyclic) bond motifs is 3. The quantitative estimate of drug-likeness (QED) is 0.489. The van der Waals surface area contributed by atoms with E-state index < -0.39 is 0 Å². The zero-order valence-electron chi connectivity index (χ0n) is 13.9. The molecule has 26 heavy (non-hydrogen) atoms. The second kappa shape index (κ2) is 5.99. The number of hydrogen-bond acceptors (Lipinski definition) is 6. The average Bonchev–Trinajstić information content (AvgIpc) is 3.36. The van der Waals surface area contributed by atoms with E-state index in [1.807, 2.05) is 59.9 Å². The number of benzene rings is 2. The highest BCUT2D eigenvalue weighted by Gasteiger charge is 2.14. The Bertz CT molecular complexity index is 1200. The van der Waals surface area contributed by atoms with Gasteiger partial charge in [-0.15, -0.1) is 5.10 Å². The Balaban J connectivity index is 1.40. The summed E-state index contributed by atoms with van der Waals surface area (Å²) in [4.78, 5) is 9.00. The highest BCUT2D eigenvalue weighted by atomic mass is 32.2. The van der Waals surface area contributed by atoms with Gasteiger partial charge in [0.2, 0.25) is 17.5 Å². The molecule has 2 aromatic carbocycles. The molecule has 0 saturated heterocycles. The summed E-state index contributed by atoms with van der Waals surface area (Å²) >= 11 is 1.52. The number of aromatic amines is 1. The van der Waals surface area contributed by atoms with Crippen LogP contribution in [0.1, 0.15) is 11.5 Å². The molecule has 3 aromatic heterocycles. The van der Waals surface area contributed by atoms with Crippen LogP contribution in [0.15, 0.2) is 58.2 Å². The molecule has 0 amide bonds. The maximum atomic E-state index is 5.38. The molecule has 0 saturated carbocycles. The summed E-state index contributed by atoms with van der Waals surface area (Å²) in [6.07, 6.45) is 0. The molecular formula is C18H14N6OS. The van der Waals surface area contributed by atoms with E-state index in [0.29, 0.717) is 17.5 Å². The number of aryl methyl sites for hydroxylation is 1. The van der Waals surface area contributed by atoms with Gasteiger partial charge < -0.3 is 4.52 Å². The maximum absolute atomic E-state index is 5.38. The third-order valence-corrected chi connectivity index (χ3v) is 5.03. The predicted molar refractivity (Wildman–Crippen MR) is 98.9 cm³/mol. The van der Waals surface area contributed by atoms with Crippen molar-refractivity contribution in [3.8, 4) is 11.4 Å². The van der Waals surface area contributed by atoms with Crippen LogP contribution < -0.4 is 0 Å². The summed E-state index contributed by atoms with van der Waals surface area (Å²) in [7, 11) is 0. The molecule has 3 heterocycles.